The van der Waals surface area contributed by atoms with E-state index in [2.05, 4.69) is 16.0 Å². The van der Waals surface area contributed by atoms with E-state index >= 15 is 0 Å². The van der Waals surface area contributed by atoms with E-state index in [-0.39, 0.29) is 23.1 Å². The summed E-state index contributed by atoms with van der Waals surface area (Å²) in [5.74, 6) is -0.125. The molecule has 5 N–H and O–H groups in total. The fourth-order valence-corrected chi connectivity index (χ4v) is 2.57. The summed E-state index contributed by atoms with van der Waals surface area (Å²) < 4.78 is 0. The standard InChI is InChI=1S/C19H38N4O3/c1-12(2)14(23-19(6,7)8)16(25)22-13(15(24)18(3,4)5)10-9-11-21-17(20)26/h12-14,23H,9-11H2,1-8H3,(H,22,25)(H3,20,21,26). The van der Waals surface area contributed by atoms with Crippen molar-refractivity contribution in [3.63, 3.8) is 0 Å². The first kappa shape index (κ1) is 24.4. The third-order valence-electron chi connectivity index (χ3n) is 3.88. The van der Waals surface area contributed by atoms with Crippen LogP contribution in [0.5, 0.6) is 0 Å². The van der Waals surface area contributed by atoms with Crippen LogP contribution in [0.15, 0.2) is 0 Å². The Balaban J connectivity index is 5.14. The molecule has 7 nitrogen and oxygen atoms in total. The molecule has 0 fully saturated rings. The number of Topliss-reactive ketones (excluding diaryl/α,β-unsaturated/α-hetero) is 1. The van der Waals surface area contributed by atoms with Crippen LogP contribution in [0.3, 0.4) is 0 Å². The number of hydrogen-bond donors (Lipinski definition) is 4. The topological polar surface area (TPSA) is 113 Å². The van der Waals surface area contributed by atoms with E-state index in [1.54, 1.807) is 0 Å². The van der Waals surface area contributed by atoms with Crippen molar-refractivity contribution in [2.75, 3.05) is 6.54 Å². The van der Waals surface area contributed by atoms with Gasteiger partial charge in [0, 0.05) is 17.5 Å². The lowest BCUT2D eigenvalue weighted by Crippen LogP contribution is -2.57. The van der Waals surface area contributed by atoms with Crippen molar-refractivity contribution in [2.45, 2.75) is 85.9 Å². The summed E-state index contributed by atoms with van der Waals surface area (Å²) in [6.07, 6.45) is 0.997. The van der Waals surface area contributed by atoms with Crippen LogP contribution in [0.2, 0.25) is 0 Å². The summed E-state index contributed by atoms with van der Waals surface area (Å²) in [6, 6.07) is -1.59. The van der Waals surface area contributed by atoms with E-state index in [1.165, 1.54) is 0 Å². The van der Waals surface area contributed by atoms with Crippen LogP contribution in [0.4, 0.5) is 4.79 Å². The largest absolute Gasteiger partial charge is 0.352 e. The maximum absolute atomic E-state index is 12.8. The van der Waals surface area contributed by atoms with Crippen LogP contribution >= 0.6 is 0 Å². The molecule has 0 aromatic carbocycles. The van der Waals surface area contributed by atoms with Crippen LogP contribution in [0, 0.1) is 11.3 Å². The van der Waals surface area contributed by atoms with Gasteiger partial charge in [-0.05, 0) is 39.5 Å². The van der Waals surface area contributed by atoms with Gasteiger partial charge in [0.05, 0.1) is 12.1 Å². The van der Waals surface area contributed by atoms with Crippen molar-refractivity contribution >= 4 is 17.7 Å². The van der Waals surface area contributed by atoms with Crippen molar-refractivity contribution in [3.8, 4) is 0 Å². The molecule has 0 heterocycles. The first-order valence-electron chi connectivity index (χ1n) is 9.31. The number of nitrogens with two attached hydrogens (primary N) is 1. The van der Waals surface area contributed by atoms with Gasteiger partial charge in [-0.2, -0.15) is 0 Å². The second-order valence-corrected chi connectivity index (χ2v) is 9.22. The smallest absolute Gasteiger partial charge is 0.312 e. The first-order chi connectivity index (χ1) is 11.6. The molecule has 2 unspecified atom stereocenters. The number of ketones is 1. The molecular formula is C19H38N4O3. The quantitative estimate of drug-likeness (QED) is 0.465. The normalized spacial score (nSPS) is 14.7. The molecule has 2 atom stereocenters. The molecule has 0 aliphatic carbocycles. The monoisotopic (exact) mass is 370 g/mol. The van der Waals surface area contributed by atoms with E-state index in [0.717, 1.165) is 0 Å². The average molecular weight is 371 g/mol. The van der Waals surface area contributed by atoms with Gasteiger partial charge < -0.3 is 21.7 Å². The zero-order valence-corrected chi connectivity index (χ0v) is 17.7. The summed E-state index contributed by atoms with van der Waals surface area (Å²) in [5.41, 5.74) is 4.27. The fourth-order valence-electron chi connectivity index (χ4n) is 2.57. The predicted octanol–water partition coefficient (Wildman–Crippen LogP) is 1.95. The van der Waals surface area contributed by atoms with Gasteiger partial charge in [-0.1, -0.05) is 34.6 Å². The number of rotatable bonds is 9. The summed E-state index contributed by atoms with van der Waals surface area (Å²) in [4.78, 5) is 36.4. The molecule has 3 amide bonds. The molecule has 26 heavy (non-hydrogen) atoms. The van der Waals surface area contributed by atoms with Gasteiger partial charge in [-0.25, -0.2) is 4.79 Å². The van der Waals surface area contributed by atoms with Crippen molar-refractivity contribution in [1.29, 1.82) is 0 Å². The Morgan fingerprint density at radius 3 is 1.92 bits per heavy atom. The van der Waals surface area contributed by atoms with Gasteiger partial charge in [0.2, 0.25) is 5.91 Å². The molecule has 0 aliphatic heterocycles. The minimum atomic E-state index is -0.597. The Bertz CT molecular complexity index is 490. The van der Waals surface area contributed by atoms with Gasteiger partial charge >= 0.3 is 6.03 Å². The van der Waals surface area contributed by atoms with E-state index in [0.29, 0.717) is 19.4 Å². The molecule has 152 valence electrons. The Morgan fingerprint density at radius 2 is 1.54 bits per heavy atom. The van der Waals surface area contributed by atoms with Crippen LogP contribution in [-0.2, 0) is 9.59 Å². The molecule has 0 bridgehead atoms. The Kier molecular flexibility index (Phi) is 9.28. The van der Waals surface area contributed by atoms with E-state index in [4.69, 9.17) is 5.73 Å². The molecule has 0 saturated heterocycles. The van der Waals surface area contributed by atoms with Crippen molar-refractivity contribution in [3.05, 3.63) is 0 Å². The highest BCUT2D eigenvalue weighted by atomic mass is 16.2. The maximum atomic E-state index is 12.8. The van der Waals surface area contributed by atoms with Crippen LogP contribution < -0.4 is 21.7 Å². The predicted molar refractivity (Wildman–Crippen MR) is 105 cm³/mol. The Morgan fingerprint density at radius 1 is 1.00 bits per heavy atom. The molecule has 0 spiro atoms. The molecule has 0 saturated carbocycles. The highest BCUT2D eigenvalue weighted by Crippen LogP contribution is 2.19. The number of carbonyl (C=O) groups is 3. The van der Waals surface area contributed by atoms with Gasteiger partial charge in [-0.15, -0.1) is 0 Å². The van der Waals surface area contributed by atoms with Crippen molar-refractivity contribution in [1.82, 2.24) is 16.0 Å². The van der Waals surface area contributed by atoms with Crippen LogP contribution in [0.25, 0.3) is 0 Å². The minimum Gasteiger partial charge on any atom is -0.352 e. The second kappa shape index (κ2) is 9.90. The second-order valence-electron chi connectivity index (χ2n) is 9.22. The zero-order valence-electron chi connectivity index (χ0n) is 17.7. The number of hydrogen-bond acceptors (Lipinski definition) is 4. The molecule has 0 aromatic rings. The molecule has 7 heteroatoms. The van der Waals surface area contributed by atoms with Gasteiger partial charge in [0.25, 0.3) is 0 Å². The lowest BCUT2D eigenvalue weighted by molar-refractivity contribution is -0.134. The van der Waals surface area contributed by atoms with E-state index in [1.807, 2.05) is 55.4 Å². The number of carbonyl (C=O) groups excluding carboxylic acids is 3. The van der Waals surface area contributed by atoms with Crippen molar-refractivity contribution < 1.29 is 14.4 Å². The highest BCUT2D eigenvalue weighted by molar-refractivity contribution is 5.93. The van der Waals surface area contributed by atoms with E-state index < -0.39 is 23.5 Å². The molecule has 0 aromatic heterocycles. The third-order valence-corrected chi connectivity index (χ3v) is 3.88. The molecule has 0 aliphatic rings. The average Bonchev–Trinajstić information content (AvgIpc) is 2.44. The first-order valence-corrected chi connectivity index (χ1v) is 9.31. The SMILES string of the molecule is CC(C)C(NC(C)(C)C)C(=O)NC(CCCNC(N)=O)C(=O)C(C)(C)C. The van der Waals surface area contributed by atoms with Crippen molar-refractivity contribution in [2.24, 2.45) is 17.1 Å². The molecule has 0 rings (SSSR count). The Labute approximate surface area is 158 Å². The fraction of sp³-hybridized carbons (Fsp3) is 0.842. The van der Waals surface area contributed by atoms with E-state index in [9.17, 15) is 14.4 Å². The van der Waals surface area contributed by atoms with Gasteiger partial charge in [0.15, 0.2) is 5.78 Å². The minimum absolute atomic E-state index is 0.0248. The number of nitrogens with one attached hydrogen (secondary N) is 3. The molecular weight excluding hydrogens is 332 g/mol. The Hall–Kier alpha value is -1.63. The lowest BCUT2D eigenvalue weighted by Gasteiger charge is -2.32. The maximum Gasteiger partial charge on any atom is 0.312 e. The van der Waals surface area contributed by atoms with Crippen LogP contribution in [0.1, 0.15) is 68.2 Å². The number of urea groups is 1. The number of primary amides is 1. The summed E-state index contributed by atoms with van der Waals surface area (Å²) >= 11 is 0. The van der Waals surface area contributed by atoms with Crippen LogP contribution in [-0.4, -0.2) is 41.9 Å². The third kappa shape index (κ3) is 9.75. The lowest BCUT2D eigenvalue weighted by atomic mass is 9.84. The van der Waals surface area contributed by atoms with Gasteiger partial charge in [-0.3, -0.25) is 9.59 Å². The zero-order chi connectivity index (χ0) is 20.7. The summed E-state index contributed by atoms with van der Waals surface area (Å²) in [6.45, 7) is 15.8. The highest BCUT2D eigenvalue weighted by Gasteiger charge is 2.33. The molecule has 0 radical (unpaired) electrons. The van der Waals surface area contributed by atoms with Gasteiger partial charge in [0.1, 0.15) is 0 Å². The number of amides is 3. The summed E-state index contributed by atoms with van der Waals surface area (Å²) in [7, 11) is 0. The summed E-state index contributed by atoms with van der Waals surface area (Å²) in [5, 5.41) is 8.75.